The molecule has 2 amide bonds. The summed E-state index contributed by atoms with van der Waals surface area (Å²) in [6, 6.07) is 3.04. The van der Waals surface area contributed by atoms with Crippen molar-refractivity contribution in [3.8, 4) is 5.88 Å². The third-order valence-electron chi connectivity index (χ3n) is 3.65. The summed E-state index contributed by atoms with van der Waals surface area (Å²) >= 11 is 0. The summed E-state index contributed by atoms with van der Waals surface area (Å²) in [6.07, 6.45) is -1.99. The first-order valence-corrected chi connectivity index (χ1v) is 7.44. The molecular weight excluding hydrogens is 327 g/mol. The molecule has 0 aromatic carbocycles. The molecule has 1 saturated heterocycles. The lowest BCUT2D eigenvalue weighted by Gasteiger charge is -2.28. The van der Waals surface area contributed by atoms with Gasteiger partial charge < -0.3 is 15.0 Å². The molecule has 0 bridgehead atoms. The zero-order valence-corrected chi connectivity index (χ0v) is 13.1. The molecule has 1 aliphatic heterocycles. The second-order valence-electron chi connectivity index (χ2n) is 5.54. The van der Waals surface area contributed by atoms with E-state index in [1.165, 1.54) is 23.2 Å². The molecule has 1 aromatic heterocycles. The molecule has 0 saturated carbocycles. The van der Waals surface area contributed by atoms with Crippen LogP contribution in [0.1, 0.15) is 18.4 Å². The third-order valence-corrected chi connectivity index (χ3v) is 3.65. The van der Waals surface area contributed by atoms with Gasteiger partial charge in [-0.1, -0.05) is 6.07 Å². The number of nitrogens with zero attached hydrogens (tertiary/aromatic N) is 2. The van der Waals surface area contributed by atoms with E-state index in [9.17, 15) is 22.8 Å². The number of amides is 2. The standard InChI is InChI=1S/C15H18F3N3O3/c1-21-7-3-5-11(14(21)23)12(22)20-8-10-4-2-6-19-13(10)24-9-15(16,17)18/h2,4,6,11H,3,5,7-9H2,1H3,(H,20,22). The Balaban J connectivity index is 1.96. The molecular formula is C15H18F3N3O3. The molecule has 1 unspecified atom stereocenters. The summed E-state index contributed by atoms with van der Waals surface area (Å²) in [5, 5.41) is 2.57. The quantitative estimate of drug-likeness (QED) is 0.821. The van der Waals surface area contributed by atoms with Crippen LogP contribution in [0.4, 0.5) is 13.2 Å². The molecule has 132 valence electrons. The highest BCUT2D eigenvalue weighted by molar-refractivity contribution is 6.00. The molecule has 2 heterocycles. The monoisotopic (exact) mass is 345 g/mol. The maximum atomic E-state index is 12.2. The van der Waals surface area contributed by atoms with Crippen LogP contribution < -0.4 is 10.1 Å². The van der Waals surface area contributed by atoms with Crippen molar-refractivity contribution in [3.63, 3.8) is 0 Å². The van der Waals surface area contributed by atoms with Gasteiger partial charge in [-0.2, -0.15) is 13.2 Å². The van der Waals surface area contributed by atoms with Gasteiger partial charge in [0.1, 0.15) is 5.92 Å². The van der Waals surface area contributed by atoms with Crippen molar-refractivity contribution in [3.05, 3.63) is 23.9 Å². The van der Waals surface area contributed by atoms with Crippen LogP contribution in [0.5, 0.6) is 5.88 Å². The minimum atomic E-state index is -4.48. The van der Waals surface area contributed by atoms with Crippen molar-refractivity contribution in [2.24, 2.45) is 5.92 Å². The van der Waals surface area contributed by atoms with Crippen LogP contribution in [0.15, 0.2) is 18.3 Å². The molecule has 1 aromatic rings. The van der Waals surface area contributed by atoms with Crippen molar-refractivity contribution < 1.29 is 27.5 Å². The van der Waals surface area contributed by atoms with E-state index in [-0.39, 0.29) is 18.3 Å². The number of hydrogen-bond acceptors (Lipinski definition) is 4. The molecule has 2 rings (SSSR count). The number of hydrogen-bond donors (Lipinski definition) is 1. The maximum absolute atomic E-state index is 12.2. The molecule has 0 radical (unpaired) electrons. The number of carbonyl (C=O) groups is 2. The van der Waals surface area contributed by atoms with Crippen LogP contribution in [0.25, 0.3) is 0 Å². The lowest BCUT2D eigenvalue weighted by Crippen LogP contribution is -2.45. The van der Waals surface area contributed by atoms with E-state index in [1.807, 2.05) is 0 Å². The third kappa shape index (κ3) is 4.84. The second kappa shape index (κ2) is 7.50. The largest absolute Gasteiger partial charge is 0.468 e. The Morgan fingerprint density at radius 3 is 2.96 bits per heavy atom. The van der Waals surface area contributed by atoms with Crippen molar-refractivity contribution in [1.29, 1.82) is 0 Å². The zero-order valence-electron chi connectivity index (χ0n) is 13.1. The van der Waals surface area contributed by atoms with Crippen molar-refractivity contribution >= 4 is 11.8 Å². The summed E-state index contributed by atoms with van der Waals surface area (Å²) in [7, 11) is 1.63. The first-order valence-electron chi connectivity index (χ1n) is 7.44. The molecule has 1 aliphatic rings. The molecule has 9 heteroatoms. The number of pyridine rings is 1. The van der Waals surface area contributed by atoms with E-state index in [0.29, 0.717) is 18.5 Å². The van der Waals surface area contributed by atoms with E-state index in [0.717, 1.165) is 6.42 Å². The fourth-order valence-electron chi connectivity index (χ4n) is 2.42. The van der Waals surface area contributed by atoms with Gasteiger partial charge >= 0.3 is 6.18 Å². The van der Waals surface area contributed by atoms with Gasteiger partial charge in [-0.15, -0.1) is 0 Å². The number of piperidine rings is 1. The Bertz CT molecular complexity index is 607. The zero-order chi connectivity index (χ0) is 17.7. The molecule has 0 spiro atoms. The van der Waals surface area contributed by atoms with E-state index in [1.54, 1.807) is 7.05 Å². The van der Waals surface area contributed by atoms with Gasteiger partial charge in [0.2, 0.25) is 17.7 Å². The number of halogens is 3. The second-order valence-corrected chi connectivity index (χ2v) is 5.54. The van der Waals surface area contributed by atoms with E-state index in [4.69, 9.17) is 0 Å². The highest BCUT2D eigenvalue weighted by atomic mass is 19.4. The molecule has 0 aliphatic carbocycles. The molecule has 24 heavy (non-hydrogen) atoms. The van der Waals surface area contributed by atoms with Gasteiger partial charge in [0, 0.05) is 31.9 Å². The Kier molecular flexibility index (Phi) is 5.63. The first kappa shape index (κ1) is 18.0. The predicted octanol–water partition coefficient (Wildman–Crippen LogP) is 1.51. The smallest absolute Gasteiger partial charge is 0.422 e. The number of rotatable bonds is 5. The Morgan fingerprint density at radius 2 is 2.25 bits per heavy atom. The number of aromatic nitrogens is 1. The van der Waals surface area contributed by atoms with E-state index >= 15 is 0 Å². The highest BCUT2D eigenvalue weighted by Gasteiger charge is 2.32. The number of likely N-dealkylation sites (tertiary alicyclic amines) is 1. The molecule has 1 atom stereocenters. The number of carbonyl (C=O) groups excluding carboxylic acids is 2. The lowest BCUT2D eigenvalue weighted by molar-refractivity contribution is -0.154. The van der Waals surface area contributed by atoms with Gasteiger partial charge in [0.15, 0.2) is 6.61 Å². The van der Waals surface area contributed by atoms with Gasteiger partial charge in [-0.3, -0.25) is 9.59 Å². The van der Waals surface area contributed by atoms with Crippen LogP contribution in [0, 0.1) is 5.92 Å². The fourth-order valence-corrected chi connectivity index (χ4v) is 2.42. The summed E-state index contributed by atoms with van der Waals surface area (Å²) < 4.78 is 41.4. The van der Waals surface area contributed by atoms with Crippen molar-refractivity contribution in [1.82, 2.24) is 15.2 Å². The first-order chi connectivity index (χ1) is 11.3. The molecule has 1 N–H and O–H groups in total. The predicted molar refractivity (Wildman–Crippen MR) is 78.0 cm³/mol. The SMILES string of the molecule is CN1CCCC(C(=O)NCc2cccnc2OCC(F)(F)F)C1=O. The summed E-state index contributed by atoms with van der Waals surface area (Å²) in [4.78, 5) is 29.4. The highest BCUT2D eigenvalue weighted by Crippen LogP contribution is 2.21. The number of alkyl halides is 3. The van der Waals surface area contributed by atoms with Crippen LogP contribution >= 0.6 is 0 Å². The van der Waals surface area contributed by atoms with E-state index < -0.39 is 24.6 Å². The van der Waals surface area contributed by atoms with Crippen LogP contribution in [0.2, 0.25) is 0 Å². The summed E-state index contributed by atoms with van der Waals surface area (Å²) in [6.45, 7) is -0.912. The summed E-state index contributed by atoms with van der Waals surface area (Å²) in [5.41, 5.74) is 0.312. The normalized spacial score (nSPS) is 18.4. The fraction of sp³-hybridized carbons (Fsp3) is 0.533. The molecule has 6 nitrogen and oxygen atoms in total. The van der Waals surface area contributed by atoms with Crippen LogP contribution in [-0.4, -0.2) is 48.1 Å². The van der Waals surface area contributed by atoms with Gasteiger partial charge in [-0.05, 0) is 18.9 Å². The topological polar surface area (TPSA) is 71.5 Å². The van der Waals surface area contributed by atoms with E-state index in [2.05, 4.69) is 15.0 Å². The molecule has 1 fully saturated rings. The Morgan fingerprint density at radius 1 is 1.50 bits per heavy atom. The van der Waals surface area contributed by atoms with Gasteiger partial charge in [-0.25, -0.2) is 4.98 Å². The van der Waals surface area contributed by atoms with Gasteiger partial charge in [0.05, 0.1) is 0 Å². The van der Waals surface area contributed by atoms with Crippen LogP contribution in [-0.2, 0) is 16.1 Å². The van der Waals surface area contributed by atoms with Crippen molar-refractivity contribution in [2.45, 2.75) is 25.6 Å². The number of ether oxygens (including phenoxy) is 1. The summed E-state index contributed by atoms with van der Waals surface area (Å²) in [5.74, 6) is -1.65. The minimum absolute atomic E-state index is 0.0621. The average molecular weight is 345 g/mol. The maximum Gasteiger partial charge on any atom is 0.422 e. The average Bonchev–Trinajstić information content (AvgIpc) is 2.53. The Labute approximate surface area is 137 Å². The Hall–Kier alpha value is -2.32. The van der Waals surface area contributed by atoms with Crippen molar-refractivity contribution in [2.75, 3.05) is 20.2 Å². The minimum Gasteiger partial charge on any atom is -0.468 e. The lowest BCUT2D eigenvalue weighted by atomic mass is 9.96. The van der Waals surface area contributed by atoms with Crippen LogP contribution in [0.3, 0.4) is 0 Å². The van der Waals surface area contributed by atoms with Gasteiger partial charge in [0.25, 0.3) is 0 Å². The number of nitrogens with one attached hydrogen (secondary N) is 1.